The van der Waals surface area contributed by atoms with E-state index in [4.69, 9.17) is 14.6 Å². The summed E-state index contributed by atoms with van der Waals surface area (Å²) >= 11 is 1.17. The summed E-state index contributed by atoms with van der Waals surface area (Å²) in [5.41, 5.74) is 0.501. The lowest BCUT2D eigenvalue weighted by Crippen LogP contribution is -2.26. The van der Waals surface area contributed by atoms with Gasteiger partial charge in [0.1, 0.15) is 5.25 Å². The lowest BCUT2D eigenvalue weighted by Gasteiger charge is -2.12. The molecule has 1 aromatic rings. The van der Waals surface area contributed by atoms with Gasteiger partial charge in [-0.3, -0.25) is 9.59 Å². The van der Waals surface area contributed by atoms with Crippen molar-refractivity contribution in [1.82, 2.24) is 5.32 Å². The molecule has 1 fully saturated rings. The molecular formula is C18H25NO5S. The van der Waals surface area contributed by atoms with Gasteiger partial charge in [0.25, 0.3) is 5.91 Å². The predicted octanol–water partition coefficient (Wildman–Crippen LogP) is 2.57. The number of nitrogens with one attached hydrogen (secondary N) is 1. The molecule has 1 amide bonds. The van der Waals surface area contributed by atoms with E-state index in [1.54, 1.807) is 31.2 Å². The van der Waals surface area contributed by atoms with E-state index in [2.05, 4.69) is 5.32 Å². The molecule has 0 spiro atoms. The number of hydrogen-bond donors (Lipinski definition) is 2. The molecule has 0 bridgehead atoms. The fourth-order valence-corrected chi connectivity index (χ4v) is 3.39. The van der Waals surface area contributed by atoms with Gasteiger partial charge in [-0.25, -0.2) is 0 Å². The number of rotatable bonds is 10. The molecule has 2 rings (SSSR count). The summed E-state index contributed by atoms with van der Waals surface area (Å²) in [5.74, 6) is -1.09. The molecule has 7 heteroatoms. The number of ether oxygens (including phenoxy) is 2. The van der Waals surface area contributed by atoms with Crippen LogP contribution in [-0.2, 0) is 14.3 Å². The Morgan fingerprint density at radius 3 is 2.96 bits per heavy atom. The predicted molar refractivity (Wildman–Crippen MR) is 96.1 cm³/mol. The van der Waals surface area contributed by atoms with E-state index in [-0.39, 0.29) is 12.0 Å². The number of thioether (sulfide) groups is 1. The monoisotopic (exact) mass is 367 g/mol. The van der Waals surface area contributed by atoms with Gasteiger partial charge in [-0.1, -0.05) is 12.1 Å². The van der Waals surface area contributed by atoms with Gasteiger partial charge in [-0.05, 0) is 38.3 Å². The fraction of sp³-hybridized carbons (Fsp3) is 0.556. The van der Waals surface area contributed by atoms with Crippen LogP contribution < -0.4 is 5.32 Å². The third kappa shape index (κ3) is 6.68. The highest BCUT2D eigenvalue weighted by atomic mass is 32.2. The lowest BCUT2D eigenvalue weighted by atomic mass is 10.2. The zero-order valence-corrected chi connectivity index (χ0v) is 15.2. The third-order valence-corrected chi connectivity index (χ3v) is 5.03. The van der Waals surface area contributed by atoms with Gasteiger partial charge in [-0.2, -0.15) is 0 Å². The van der Waals surface area contributed by atoms with Crippen molar-refractivity contribution < 1.29 is 24.2 Å². The molecule has 0 saturated carbocycles. The van der Waals surface area contributed by atoms with Crippen molar-refractivity contribution in [2.45, 2.75) is 42.4 Å². The highest BCUT2D eigenvalue weighted by Gasteiger charge is 2.18. The van der Waals surface area contributed by atoms with Gasteiger partial charge in [0.2, 0.25) is 0 Å². The van der Waals surface area contributed by atoms with Crippen molar-refractivity contribution in [3.05, 3.63) is 29.8 Å². The number of benzene rings is 1. The van der Waals surface area contributed by atoms with Gasteiger partial charge in [0.05, 0.1) is 18.3 Å². The van der Waals surface area contributed by atoms with Crippen LogP contribution in [0.15, 0.2) is 29.2 Å². The standard InChI is InChI=1S/C18H25NO5S/c1-13(18(21)22)25-16-8-3-2-7-15(16)17(20)19-9-5-10-23-12-14-6-4-11-24-14/h2-3,7-8,13-14H,4-6,9-12H2,1H3,(H,19,20)(H,21,22). The number of aliphatic carboxylic acids is 1. The van der Waals surface area contributed by atoms with Crippen LogP contribution in [0.3, 0.4) is 0 Å². The van der Waals surface area contributed by atoms with Crippen molar-refractivity contribution in [1.29, 1.82) is 0 Å². The normalized spacial score (nSPS) is 18.0. The second-order valence-corrected chi connectivity index (χ2v) is 7.30. The smallest absolute Gasteiger partial charge is 0.316 e. The number of carboxylic acids is 1. The average Bonchev–Trinajstić information content (AvgIpc) is 3.11. The zero-order chi connectivity index (χ0) is 18.1. The van der Waals surface area contributed by atoms with Crippen LogP contribution in [0.25, 0.3) is 0 Å². The molecule has 6 nitrogen and oxygen atoms in total. The zero-order valence-electron chi connectivity index (χ0n) is 14.4. The third-order valence-electron chi connectivity index (χ3n) is 3.86. The van der Waals surface area contributed by atoms with Gasteiger partial charge in [0, 0.05) is 24.7 Å². The minimum absolute atomic E-state index is 0.195. The molecule has 2 unspecified atom stereocenters. The van der Waals surface area contributed by atoms with Crippen LogP contribution in [0, 0.1) is 0 Å². The van der Waals surface area contributed by atoms with Crippen molar-refractivity contribution >= 4 is 23.6 Å². The van der Waals surface area contributed by atoms with Crippen LogP contribution in [0.2, 0.25) is 0 Å². The minimum atomic E-state index is -0.899. The van der Waals surface area contributed by atoms with E-state index < -0.39 is 11.2 Å². The van der Waals surface area contributed by atoms with Crippen molar-refractivity contribution in [2.75, 3.05) is 26.4 Å². The lowest BCUT2D eigenvalue weighted by molar-refractivity contribution is -0.136. The molecule has 0 radical (unpaired) electrons. The summed E-state index contributed by atoms with van der Waals surface area (Å²) < 4.78 is 11.0. The number of amides is 1. The summed E-state index contributed by atoms with van der Waals surface area (Å²) in [6, 6.07) is 7.05. The van der Waals surface area contributed by atoms with Crippen LogP contribution in [0.1, 0.15) is 36.5 Å². The van der Waals surface area contributed by atoms with E-state index in [9.17, 15) is 9.59 Å². The Labute approximate surface area is 152 Å². The van der Waals surface area contributed by atoms with Gasteiger partial charge >= 0.3 is 5.97 Å². The van der Waals surface area contributed by atoms with Gasteiger partial charge < -0.3 is 19.9 Å². The highest BCUT2D eigenvalue weighted by molar-refractivity contribution is 8.00. The second-order valence-electron chi connectivity index (χ2n) is 5.91. The van der Waals surface area contributed by atoms with Crippen LogP contribution >= 0.6 is 11.8 Å². The second kappa shape index (κ2) is 10.4. The average molecular weight is 367 g/mol. The Balaban J connectivity index is 1.72. The molecule has 1 aliphatic rings. The summed E-state index contributed by atoms with van der Waals surface area (Å²) in [7, 11) is 0. The topological polar surface area (TPSA) is 84.9 Å². The Bertz CT molecular complexity index is 574. The van der Waals surface area contributed by atoms with E-state index >= 15 is 0 Å². The Morgan fingerprint density at radius 1 is 1.44 bits per heavy atom. The van der Waals surface area contributed by atoms with Crippen LogP contribution in [0.4, 0.5) is 0 Å². The summed E-state index contributed by atoms with van der Waals surface area (Å²) in [6.45, 7) is 4.13. The van der Waals surface area contributed by atoms with Gasteiger partial charge in [-0.15, -0.1) is 11.8 Å². The maximum Gasteiger partial charge on any atom is 0.316 e. The molecule has 1 heterocycles. The Kier molecular flexibility index (Phi) is 8.24. The maximum atomic E-state index is 12.3. The highest BCUT2D eigenvalue weighted by Crippen LogP contribution is 2.26. The number of carboxylic acid groups (broad SMARTS) is 1. The van der Waals surface area contributed by atoms with Crippen LogP contribution in [-0.4, -0.2) is 54.7 Å². The first-order valence-corrected chi connectivity index (χ1v) is 9.42. The molecule has 1 aromatic carbocycles. The Hall–Kier alpha value is -1.57. The molecule has 138 valence electrons. The summed E-state index contributed by atoms with van der Waals surface area (Å²) in [5, 5.41) is 11.3. The molecule has 25 heavy (non-hydrogen) atoms. The first-order valence-electron chi connectivity index (χ1n) is 8.54. The number of carbonyl (C=O) groups excluding carboxylic acids is 1. The first-order chi connectivity index (χ1) is 12.1. The fourth-order valence-electron chi connectivity index (χ4n) is 2.46. The first kappa shape index (κ1) is 19.8. The van der Waals surface area contributed by atoms with Crippen molar-refractivity contribution in [3.63, 3.8) is 0 Å². The van der Waals surface area contributed by atoms with E-state index in [0.29, 0.717) is 30.2 Å². The van der Waals surface area contributed by atoms with Crippen molar-refractivity contribution in [3.8, 4) is 0 Å². The molecule has 2 N–H and O–H groups in total. The van der Waals surface area contributed by atoms with Crippen molar-refractivity contribution in [2.24, 2.45) is 0 Å². The molecule has 1 aliphatic heterocycles. The summed E-state index contributed by atoms with van der Waals surface area (Å²) in [6.07, 6.45) is 3.09. The molecule has 1 saturated heterocycles. The minimum Gasteiger partial charge on any atom is -0.480 e. The van der Waals surface area contributed by atoms with Gasteiger partial charge in [0.15, 0.2) is 0 Å². The SMILES string of the molecule is CC(Sc1ccccc1C(=O)NCCCOCC1CCCO1)C(=O)O. The van der Waals surface area contributed by atoms with E-state index in [0.717, 1.165) is 25.9 Å². The quantitative estimate of drug-likeness (QED) is 0.488. The maximum absolute atomic E-state index is 12.3. The Morgan fingerprint density at radius 2 is 2.24 bits per heavy atom. The number of hydrogen-bond acceptors (Lipinski definition) is 5. The van der Waals surface area contributed by atoms with Crippen LogP contribution in [0.5, 0.6) is 0 Å². The summed E-state index contributed by atoms with van der Waals surface area (Å²) in [4.78, 5) is 24.0. The van der Waals surface area contributed by atoms with E-state index in [1.807, 2.05) is 0 Å². The number of carbonyl (C=O) groups is 2. The molecular weight excluding hydrogens is 342 g/mol. The molecule has 0 aliphatic carbocycles. The largest absolute Gasteiger partial charge is 0.480 e. The molecule has 0 aromatic heterocycles. The molecule has 2 atom stereocenters. The van der Waals surface area contributed by atoms with E-state index in [1.165, 1.54) is 11.8 Å².